The number of hydrogen-bond acceptors (Lipinski definition) is 6. The Balaban J connectivity index is 0.000000738. The van der Waals surface area contributed by atoms with Gasteiger partial charge in [0.2, 0.25) is 0 Å². The lowest BCUT2D eigenvalue weighted by Gasteiger charge is -2.15. The van der Waals surface area contributed by atoms with Crippen LogP contribution in [-0.2, 0) is 9.59 Å². The molecule has 0 saturated carbocycles. The van der Waals surface area contributed by atoms with Gasteiger partial charge in [-0.05, 0) is 102 Å². The fraction of sp³-hybridized carbons (Fsp3) is 0.250. The van der Waals surface area contributed by atoms with E-state index in [1.165, 1.54) is 47.5 Å². The molecule has 4 aromatic carbocycles. The van der Waals surface area contributed by atoms with E-state index in [-0.39, 0.29) is 18.0 Å². The van der Waals surface area contributed by atoms with E-state index in [2.05, 4.69) is 123 Å². The zero-order chi connectivity index (χ0) is 33.6. The Kier molecular flexibility index (Phi) is 13.4. The number of methoxy groups -OCH3 is 2. The predicted molar refractivity (Wildman–Crippen MR) is 192 cm³/mol. The van der Waals surface area contributed by atoms with Gasteiger partial charge in [0, 0.05) is 39.6 Å². The lowest BCUT2D eigenvalue weighted by molar-refractivity contribution is -0.124. The number of carbonyl (C=O) groups is 2. The molecule has 0 fully saturated rings. The first-order chi connectivity index (χ1) is 22.0. The van der Waals surface area contributed by atoms with Crippen molar-refractivity contribution in [2.24, 2.45) is 0 Å². The molecule has 0 aliphatic rings. The minimum atomic E-state index is -0.0625. The summed E-state index contributed by atoms with van der Waals surface area (Å²) in [6.45, 7) is 2.81. The van der Waals surface area contributed by atoms with Gasteiger partial charge in [-0.1, -0.05) is 60.7 Å². The van der Waals surface area contributed by atoms with Gasteiger partial charge in [0.05, 0.1) is 20.6 Å². The summed E-state index contributed by atoms with van der Waals surface area (Å²) in [5.41, 5.74) is 9.41. The van der Waals surface area contributed by atoms with Crippen molar-refractivity contribution in [3.63, 3.8) is 0 Å². The van der Waals surface area contributed by atoms with Crippen LogP contribution in [0.5, 0.6) is 11.5 Å². The summed E-state index contributed by atoms with van der Waals surface area (Å²) < 4.78 is 10.8. The average molecular weight is 619 g/mol. The van der Waals surface area contributed by atoms with Crippen molar-refractivity contribution in [1.82, 2.24) is 0 Å². The van der Waals surface area contributed by atoms with E-state index in [4.69, 9.17) is 9.47 Å². The SMILES string of the molecule is CC(=O)CC(C)=O.COc1ccc(C(=CCC=C(c2ccc(OC)cc2)c2ccc(N(C)C)cc2)c2ccc(N(C)C)cc2)cc1. The Morgan fingerprint density at radius 3 is 1.02 bits per heavy atom. The number of rotatable bonds is 12. The molecule has 0 saturated heterocycles. The van der Waals surface area contributed by atoms with E-state index in [1.54, 1.807) is 14.2 Å². The molecule has 6 nitrogen and oxygen atoms in total. The van der Waals surface area contributed by atoms with Crippen molar-refractivity contribution >= 4 is 34.1 Å². The van der Waals surface area contributed by atoms with E-state index in [1.807, 2.05) is 24.3 Å². The number of Topliss-reactive ketones (excluding diaryl/α,β-unsaturated/α-hetero) is 2. The minimum absolute atomic E-state index is 0.0625. The first-order valence-corrected chi connectivity index (χ1v) is 15.3. The van der Waals surface area contributed by atoms with Gasteiger partial charge in [-0.2, -0.15) is 0 Å². The molecular formula is C40H46N2O4. The van der Waals surface area contributed by atoms with Crippen molar-refractivity contribution in [3.05, 3.63) is 131 Å². The number of anilines is 2. The van der Waals surface area contributed by atoms with E-state index >= 15 is 0 Å². The minimum Gasteiger partial charge on any atom is -0.497 e. The Labute approximate surface area is 274 Å². The highest BCUT2D eigenvalue weighted by atomic mass is 16.5. The summed E-state index contributed by atoms with van der Waals surface area (Å²) in [5.74, 6) is 1.58. The summed E-state index contributed by atoms with van der Waals surface area (Å²) in [5, 5.41) is 0. The third-order valence-electron chi connectivity index (χ3n) is 7.33. The van der Waals surface area contributed by atoms with Crippen LogP contribution in [0.3, 0.4) is 0 Å². The Morgan fingerprint density at radius 1 is 0.522 bits per heavy atom. The molecule has 0 aliphatic heterocycles. The zero-order valence-electron chi connectivity index (χ0n) is 28.3. The maximum atomic E-state index is 10.0. The summed E-state index contributed by atoms with van der Waals surface area (Å²) >= 11 is 0. The van der Waals surface area contributed by atoms with E-state index in [0.29, 0.717) is 0 Å². The number of ketones is 2. The van der Waals surface area contributed by atoms with Gasteiger partial charge >= 0.3 is 0 Å². The van der Waals surface area contributed by atoms with Crippen molar-refractivity contribution in [2.45, 2.75) is 26.7 Å². The summed E-state index contributed by atoms with van der Waals surface area (Å²) in [7, 11) is 11.6. The summed E-state index contributed by atoms with van der Waals surface area (Å²) in [6.07, 6.45) is 5.47. The molecule has 0 aliphatic carbocycles. The van der Waals surface area contributed by atoms with Crippen LogP contribution in [0.2, 0.25) is 0 Å². The van der Waals surface area contributed by atoms with Gasteiger partial charge in [-0.25, -0.2) is 0 Å². The molecule has 0 heterocycles. The summed E-state index contributed by atoms with van der Waals surface area (Å²) in [6, 6.07) is 34.0. The maximum Gasteiger partial charge on any atom is 0.137 e. The first-order valence-electron chi connectivity index (χ1n) is 15.3. The molecule has 46 heavy (non-hydrogen) atoms. The highest BCUT2D eigenvalue weighted by Gasteiger charge is 2.09. The molecule has 4 rings (SSSR count). The smallest absolute Gasteiger partial charge is 0.137 e. The molecular weight excluding hydrogens is 572 g/mol. The fourth-order valence-electron chi connectivity index (χ4n) is 4.87. The second-order valence-electron chi connectivity index (χ2n) is 11.4. The normalized spacial score (nSPS) is 11.2. The second-order valence-corrected chi connectivity index (χ2v) is 11.4. The third kappa shape index (κ3) is 10.5. The van der Waals surface area contributed by atoms with E-state index < -0.39 is 0 Å². The van der Waals surface area contributed by atoms with Crippen molar-refractivity contribution in [3.8, 4) is 11.5 Å². The Morgan fingerprint density at radius 2 is 0.804 bits per heavy atom. The topological polar surface area (TPSA) is 59.1 Å². The number of carbonyl (C=O) groups excluding carboxylic acids is 2. The van der Waals surface area contributed by atoms with Crippen LogP contribution in [0.15, 0.2) is 109 Å². The molecule has 0 atom stereocenters. The number of ether oxygens (including phenoxy) is 2. The molecule has 0 aromatic heterocycles. The zero-order valence-corrected chi connectivity index (χ0v) is 28.3. The highest BCUT2D eigenvalue weighted by molar-refractivity contribution is 5.96. The molecule has 0 unspecified atom stereocenters. The van der Waals surface area contributed by atoms with Crippen molar-refractivity contribution in [1.29, 1.82) is 0 Å². The monoisotopic (exact) mass is 618 g/mol. The van der Waals surface area contributed by atoms with Crippen LogP contribution >= 0.6 is 0 Å². The molecule has 0 N–H and O–H groups in total. The van der Waals surface area contributed by atoms with E-state index in [0.717, 1.165) is 29.0 Å². The quantitative estimate of drug-likeness (QED) is 0.149. The van der Waals surface area contributed by atoms with Crippen LogP contribution in [0.1, 0.15) is 48.9 Å². The molecule has 4 aromatic rings. The molecule has 0 amide bonds. The summed E-state index contributed by atoms with van der Waals surface area (Å²) in [4.78, 5) is 24.3. The molecule has 240 valence electrons. The van der Waals surface area contributed by atoms with Crippen LogP contribution < -0.4 is 19.3 Å². The Hall–Kier alpha value is -5.10. The van der Waals surface area contributed by atoms with Gasteiger partial charge in [-0.15, -0.1) is 0 Å². The standard InChI is InChI=1S/C35H38N2O2.C5H8O2/c1-36(2)30-18-10-26(11-19-30)34(28-14-22-32(38-5)23-15-28)8-7-9-35(29-16-24-33(39-6)25-17-29)27-12-20-31(21-13-27)37(3)4;1-4(6)3-5(2)7/h8-25H,7H2,1-6H3;3H2,1-2H3. The van der Waals surface area contributed by atoms with Gasteiger partial charge in [0.15, 0.2) is 0 Å². The van der Waals surface area contributed by atoms with Crippen molar-refractivity contribution < 1.29 is 19.1 Å². The van der Waals surface area contributed by atoms with Gasteiger partial charge in [-0.3, -0.25) is 9.59 Å². The van der Waals surface area contributed by atoms with Crippen LogP contribution in [-0.4, -0.2) is 54.0 Å². The number of benzene rings is 4. The lowest BCUT2D eigenvalue weighted by Crippen LogP contribution is -2.08. The predicted octanol–water partition coefficient (Wildman–Crippen LogP) is 8.34. The van der Waals surface area contributed by atoms with Crippen molar-refractivity contribution in [2.75, 3.05) is 52.2 Å². The average Bonchev–Trinajstić information content (AvgIpc) is 3.05. The molecule has 0 radical (unpaired) electrons. The largest absolute Gasteiger partial charge is 0.497 e. The van der Waals surface area contributed by atoms with Gasteiger partial charge < -0.3 is 19.3 Å². The molecule has 0 spiro atoms. The second kappa shape index (κ2) is 17.4. The molecule has 6 heteroatoms. The Bertz CT molecular complexity index is 1490. The highest BCUT2D eigenvalue weighted by Crippen LogP contribution is 2.30. The van der Waals surface area contributed by atoms with Crippen LogP contribution in [0, 0.1) is 0 Å². The van der Waals surface area contributed by atoms with Crippen LogP contribution in [0.4, 0.5) is 11.4 Å². The number of nitrogens with zero attached hydrogens (tertiary/aromatic N) is 2. The maximum absolute atomic E-state index is 10.0. The first kappa shape index (κ1) is 35.4. The lowest BCUT2D eigenvalue weighted by atomic mass is 9.94. The fourth-order valence-corrected chi connectivity index (χ4v) is 4.87. The van der Waals surface area contributed by atoms with Gasteiger partial charge in [0.25, 0.3) is 0 Å². The van der Waals surface area contributed by atoms with E-state index in [9.17, 15) is 9.59 Å². The number of hydrogen-bond donors (Lipinski definition) is 0. The van der Waals surface area contributed by atoms with Gasteiger partial charge in [0.1, 0.15) is 23.1 Å². The third-order valence-corrected chi connectivity index (χ3v) is 7.33. The van der Waals surface area contributed by atoms with Crippen LogP contribution in [0.25, 0.3) is 11.1 Å². The molecule has 0 bridgehead atoms. The number of allylic oxidation sites excluding steroid dienone is 2.